The second-order valence-corrected chi connectivity index (χ2v) is 10.7. The molecule has 0 aliphatic carbocycles. The standard InChI is InChI=1S/C29H44F2N4O3/c1-7-22-8-11-27(38-18-28(30)31)26(32-22)17-35(5)14-12-21(2)24-10-9-23(25(33-24)16-34(3)4)29(19-36-6)13-15-37-20-29/h8-11,21,28H,7,12-20H2,1-6H3. The maximum atomic E-state index is 12.7. The summed E-state index contributed by atoms with van der Waals surface area (Å²) in [6.45, 7) is 7.68. The van der Waals surface area contributed by atoms with Gasteiger partial charge in [0.05, 0.1) is 24.6 Å². The number of hydrogen-bond donors (Lipinski definition) is 0. The highest BCUT2D eigenvalue weighted by Gasteiger charge is 2.39. The minimum atomic E-state index is -2.52. The molecule has 212 valence electrons. The molecule has 2 aromatic rings. The van der Waals surface area contributed by atoms with E-state index < -0.39 is 13.0 Å². The summed E-state index contributed by atoms with van der Waals surface area (Å²) in [4.78, 5) is 14.1. The summed E-state index contributed by atoms with van der Waals surface area (Å²) in [5, 5.41) is 0. The first-order chi connectivity index (χ1) is 18.2. The van der Waals surface area contributed by atoms with Gasteiger partial charge in [0.25, 0.3) is 6.43 Å². The molecule has 2 atom stereocenters. The Labute approximate surface area is 226 Å². The molecular weight excluding hydrogens is 490 g/mol. The predicted octanol–water partition coefficient (Wildman–Crippen LogP) is 4.67. The molecule has 1 aliphatic rings. The van der Waals surface area contributed by atoms with E-state index in [4.69, 9.17) is 19.2 Å². The van der Waals surface area contributed by atoms with Crippen LogP contribution < -0.4 is 4.74 Å². The summed E-state index contributed by atoms with van der Waals surface area (Å²) >= 11 is 0. The molecule has 0 bridgehead atoms. The molecule has 7 nitrogen and oxygen atoms in total. The van der Waals surface area contributed by atoms with E-state index in [2.05, 4.69) is 47.9 Å². The quantitative estimate of drug-likeness (QED) is 0.329. The molecule has 2 unspecified atom stereocenters. The van der Waals surface area contributed by atoms with E-state index in [-0.39, 0.29) is 11.3 Å². The van der Waals surface area contributed by atoms with Crippen molar-refractivity contribution >= 4 is 0 Å². The van der Waals surface area contributed by atoms with E-state index in [9.17, 15) is 8.78 Å². The fourth-order valence-electron chi connectivity index (χ4n) is 5.01. The highest BCUT2D eigenvalue weighted by molar-refractivity contribution is 5.34. The topological polar surface area (TPSA) is 60.0 Å². The van der Waals surface area contributed by atoms with Gasteiger partial charge in [-0.15, -0.1) is 0 Å². The number of hydrogen-bond acceptors (Lipinski definition) is 7. The number of methoxy groups -OCH3 is 1. The summed E-state index contributed by atoms with van der Waals surface area (Å²) in [6, 6.07) is 7.96. The van der Waals surface area contributed by atoms with Crippen LogP contribution in [0.25, 0.3) is 0 Å². The van der Waals surface area contributed by atoms with E-state index in [1.807, 2.05) is 20.0 Å². The van der Waals surface area contributed by atoms with Crippen molar-refractivity contribution in [3.8, 4) is 5.75 Å². The Morgan fingerprint density at radius 1 is 1.08 bits per heavy atom. The van der Waals surface area contributed by atoms with Crippen LogP contribution in [0.5, 0.6) is 5.75 Å². The van der Waals surface area contributed by atoms with Crippen molar-refractivity contribution in [2.75, 3.05) is 61.2 Å². The van der Waals surface area contributed by atoms with Crippen LogP contribution >= 0.6 is 0 Å². The third kappa shape index (κ3) is 8.15. The number of aryl methyl sites for hydroxylation is 1. The molecule has 0 spiro atoms. The highest BCUT2D eigenvalue weighted by atomic mass is 19.3. The smallest absolute Gasteiger partial charge is 0.272 e. The highest BCUT2D eigenvalue weighted by Crippen LogP contribution is 2.36. The van der Waals surface area contributed by atoms with Gasteiger partial charge >= 0.3 is 0 Å². The van der Waals surface area contributed by atoms with E-state index in [1.165, 1.54) is 5.56 Å². The van der Waals surface area contributed by atoms with Crippen molar-refractivity contribution in [1.82, 2.24) is 19.8 Å². The molecule has 0 radical (unpaired) electrons. The minimum absolute atomic E-state index is 0.154. The molecule has 1 aliphatic heterocycles. The van der Waals surface area contributed by atoms with Crippen LogP contribution in [0.2, 0.25) is 0 Å². The number of ether oxygens (including phenoxy) is 3. The average Bonchev–Trinajstić information content (AvgIpc) is 3.35. The maximum absolute atomic E-state index is 12.7. The van der Waals surface area contributed by atoms with E-state index in [1.54, 1.807) is 13.2 Å². The summed E-state index contributed by atoms with van der Waals surface area (Å²) in [5.74, 6) is 0.670. The molecule has 0 saturated carbocycles. The molecular formula is C29H44F2N4O3. The number of aromatic nitrogens is 2. The van der Waals surface area contributed by atoms with Crippen molar-refractivity contribution < 1.29 is 23.0 Å². The SMILES string of the molecule is CCc1ccc(OCC(F)F)c(CN(C)CCC(C)c2ccc(C3(COC)CCOC3)c(CN(C)C)n2)n1. The molecule has 3 rings (SSSR count). The summed E-state index contributed by atoms with van der Waals surface area (Å²) < 4.78 is 42.2. The van der Waals surface area contributed by atoms with Gasteiger partial charge in [-0.25, -0.2) is 8.78 Å². The molecule has 9 heteroatoms. The Morgan fingerprint density at radius 3 is 2.50 bits per heavy atom. The van der Waals surface area contributed by atoms with Crippen LogP contribution in [0, 0.1) is 0 Å². The largest absolute Gasteiger partial charge is 0.486 e. The van der Waals surface area contributed by atoms with Crippen LogP contribution in [0.3, 0.4) is 0 Å². The van der Waals surface area contributed by atoms with Gasteiger partial charge in [0.2, 0.25) is 0 Å². The molecule has 0 N–H and O–H groups in total. The zero-order valence-corrected chi connectivity index (χ0v) is 23.8. The van der Waals surface area contributed by atoms with Gasteiger partial charge in [-0.3, -0.25) is 9.97 Å². The van der Waals surface area contributed by atoms with Crippen LogP contribution in [-0.2, 0) is 34.4 Å². The number of alkyl halides is 2. The fraction of sp³-hybridized carbons (Fsp3) is 0.655. The van der Waals surface area contributed by atoms with Crippen molar-refractivity contribution in [3.05, 3.63) is 52.6 Å². The first-order valence-electron chi connectivity index (χ1n) is 13.5. The van der Waals surface area contributed by atoms with Gasteiger partial charge in [0.15, 0.2) is 0 Å². The van der Waals surface area contributed by atoms with E-state index in [0.717, 1.165) is 56.0 Å². The Morgan fingerprint density at radius 2 is 1.87 bits per heavy atom. The Bertz CT molecular complexity index is 1020. The fourth-order valence-corrected chi connectivity index (χ4v) is 5.01. The van der Waals surface area contributed by atoms with Crippen LogP contribution in [-0.4, -0.2) is 87.4 Å². The number of rotatable bonds is 15. The summed E-state index contributed by atoms with van der Waals surface area (Å²) in [5.41, 5.74) is 4.83. The monoisotopic (exact) mass is 534 g/mol. The van der Waals surface area contributed by atoms with Crippen molar-refractivity contribution in [2.45, 2.75) is 64.0 Å². The van der Waals surface area contributed by atoms with Crippen LogP contribution in [0.4, 0.5) is 8.78 Å². The first kappa shape index (κ1) is 30.3. The summed E-state index contributed by atoms with van der Waals surface area (Å²) in [7, 11) is 7.89. The zero-order valence-electron chi connectivity index (χ0n) is 23.8. The summed E-state index contributed by atoms with van der Waals surface area (Å²) in [6.07, 6.45) is 0.0856. The lowest BCUT2D eigenvalue weighted by Crippen LogP contribution is -2.34. The molecule has 2 aromatic heterocycles. The lowest BCUT2D eigenvalue weighted by atomic mass is 9.79. The molecule has 0 aromatic carbocycles. The van der Waals surface area contributed by atoms with Gasteiger partial charge in [0, 0.05) is 43.6 Å². The normalized spacial score (nSPS) is 18.6. The minimum Gasteiger partial charge on any atom is -0.486 e. The van der Waals surface area contributed by atoms with Gasteiger partial charge in [0.1, 0.15) is 12.4 Å². The average molecular weight is 535 g/mol. The number of pyridine rings is 2. The number of nitrogens with zero attached hydrogens (tertiary/aromatic N) is 4. The number of halogens is 2. The second-order valence-electron chi connectivity index (χ2n) is 10.7. The van der Waals surface area contributed by atoms with Crippen molar-refractivity contribution in [3.63, 3.8) is 0 Å². The molecule has 3 heterocycles. The van der Waals surface area contributed by atoms with Gasteiger partial charge in [-0.05, 0) is 76.6 Å². The van der Waals surface area contributed by atoms with Crippen molar-refractivity contribution in [2.24, 2.45) is 0 Å². The maximum Gasteiger partial charge on any atom is 0.272 e. The van der Waals surface area contributed by atoms with Crippen molar-refractivity contribution in [1.29, 1.82) is 0 Å². The predicted molar refractivity (Wildman–Crippen MR) is 145 cm³/mol. The third-order valence-electron chi connectivity index (χ3n) is 7.14. The van der Waals surface area contributed by atoms with Gasteiger partial charge in [-0.2, -0.15) is 0 Å². The van der Waals surface area contributed by atoms with Crippen LogP contribution in [0.1, 0.15) is 60.9 Å². The zero-order chi connectivity index (χ0) is 27.7. The molecule has 38 heavy (non-hydrogen) atoms. The Balaban J connectivity index is 1.70. The first-order valence-corrected chi connectivity index (χ1v) is 13.5. The lowest BCUT2D eigenvalue weighted by Gasteiger charge is -2.30. The Kier molecular flexibility index (Phi) is 11.4. The van der Waals surface area contributed by atoms with E-state index >= 15 is 0 Å². The Hall–Kier alpha value is -2.20. The van der Waals surface area contributed by atoms with E-state index in [0.29, 0.717) is 31.2 Å². The van der Waals surface area contributed by atoms with Gasteiger partial charge < -0.3 is 24.0 Å². The van der Waals surface area contributed by atoms with Gasteiger partial charge in [-0.1, -0.05) is 19.9 Å². The lowest BCUT2D eigenvalue weighted by molar-refractivity contribution is 0.0807. The second kappa shape index (κ2) is 14.3. The van der Waals surface area contributed by atoms with Crippen LogP contribution in [0.15, 0.2) is 24.3 Å². The molecule has 1 fully saturated rings. The third-order valence-corrected chi connectivity index (χ3v) is 7.14. The molecule has 1 saturated heterocycles. The molecule has 0 amide bonds.